The number of carbonyl (C=O) groups excluding carboxylic acids is 1. The molecule has 1 aromatic heterocycles. The molecule has 1 N–H and O–H groups in total. The van der Waals surface area contributed by atoms with Crippen molar-refractivity contribution in [2.24, 2.45) is 0 Å². The number of amides is 1. The van der Waals surface area contributed by atoms with Crippen molar-refractivity contribution in [3.8, 4) is 0 Å². The molecule has 0 bridgehead atoms. The van der Waals surface area contributed by atoms with E-state index >= 15 is 0 Å². The first kappa shape index (κ1) is 11.8. The molecular weight excluding hydrogens is 246 g/mol. The summed E-state index contributed by atoms with van der Waals surface area (Å²) in [5.74, 6) is -1.43. The molecule has 1 saturated heterocycles. The lowest BCUT2D eigenvalue weighted by Gasteiger charge is -2.20. The second-order valence-electron chi connectivity index (χ2n) is 3.72. The van der Waals surface area contributed by atoms with Crippen LogP contribution in [0.2, 0.25) is 5.15 Å². The van der Waals surface area contributed by atoms with Crippen molar-refractivity contribution < 1.29 is 14.7 Å². The number of aromatic nitrogens is 2. The van der Waals surface area contributed by atoms with Crippen LogP contribution >= 0.6 is 11.6 Å². The van der Waals surface area contributed by atoms with Crippen LogP contribution in [0.4, 0.5) is 0 Å². The van der Waals surface area contributed by atoms with Crippen LogP contribution in [0.25, 0.3) is 0 Å². The van der Waals surface area contributed by atoms with Crippen molar-refractivity contribution in [2.75, 3.05) is 6.54 Å². The Morgan fingerprint density at radius 3 is 2.88 bits per heavy atom. The third kappa shape index (κ3) is 2.36. The predicted molar refractivity (Wildman–Crippen MR) is 58.7 cm³/mol. The molecule has 7 heteroatoms. The molecule has 6 nitrogen and oxygen atoms in total. The van der Waals surface area contributed by atoms with Gasteiger partial charge in [0.25, 0.3) is 5.91 Å². The number of carboxylic acids is 1. The largest absolute Gasteiger partial charge is 0.480 e. The highest BCUT2D eigenvalue weighted by atomic mass is 35.5. The van der Waals surface area contributed by atoms with E-state index in [0.717, 1.165) is 0 Å². The predicted octanol–water partition coefficient (Wildman–Crippen LogP) is 0.819. The number of hydrogen-bond donors (Lipinski definition) is 1. The monoisotopic (exact) mass is 255 g/mol. The van der Waals surface area contributed by atoms with Gasteiger partial charge in [-0.1, -0.05) is 11.6 Å². The fraction of sp³-hybridized carbons (Fsp3) is 0.400. The van der Waals surface area contributed by atoms with Gasteiger partial charge < -0.3 is 10.0 Å². The fourth-order valence-electron chi connectivity index (χ4n) is 1.86. The minimum atomic E-state index is -0.995. The van der Waals surface area contributed by atoms with Crippen molar-refractivity contribution in [3.63, 3.8) is 0 Å². The van der Waals surface area contributed by atoms with Gasteiger partial charge in [-0.2, -0.15) is 0 Å². The molecule has 2 heterocycles. The summed E-state index contributed by atoms with van der Waals surface area (Å²) in [6, 6.07) is -0.775. The quantitative estimate of drug-likeness (QED) is 0.846. The van der Waals surface area contributed by atoms with Crippen LogP contribution in [0.1, 0.15) is 23.3 Å². The molecule has 90 valence electrons. The molecule has 1 fully saturated rings. The topological polar surface area (TPSA) is 83.4 Å². The van der Waals surface area contributed by atoms with E-state index in [1.54, 1.807) is 0 Å². The molecule has 0 aliphatic carbocycles. The molecule has 0 radical (unpaired) electrons. The van der Waals surface area contributed by atoms with Crippen LogP contribution in [0.5, 0.6) is 0 Å². The number of halogens is 1. The summed E-state index contributed by atoms with van der Waals surface area (Å²) in [5.41, 5.74) is 0.0747. The van der Waals surface area contributed by atoms with Gasteiger partial charge in [-0.05, 0) is 12.8 Å². The lowest BCUT2D eigenvalue weighted by Crippen LogP contribution is -2.40. The molecule has 17 heavy (non-hydrogen) atoms. The second kappa shape index (κ2) is 4.67. The molecule has 1 unspecified atom stereocenters. The van der Waals surface area contributed by atoms with E-state index in [-0.39, 0.29) is 10.8 Å². The zero-order valence-corrected chi connectivity index (χ0v) is 9.59. The molecule has 1 aliphatic heterocycles. The number of hydrogen-bond acceptors (Lipinski definition) is 4. The summed E-state index contributed by atoms with van der Waals surface area (Å²) >= 11 is 5.63. The first-order valence-corrected chi connectivity index (χ1v) is 5.48. The Hall–Kier alpha value is -1.69. The third-order valence-electron chi connectivity index (χ3n) is 2.62. The van der Waals surface area contributed by atoms with Gasteiger partial charge in [0.15, 0.2) is 0 Å². The van der Waals surface area contributed by atoms with E-state index in [1.165, 1.54) is 17.3 Å². The van der Waals surface area contributed by atoms with Crippen LogP contribution in [0.15, 0.2) is 12.4 Å². The average molecular weight is 256 g/mol. The summed E-state index contributed by atoms with van der Waals surface area (Å²) in [6.07, 6.45) is 3.74. The van der Waals surface area contributed by atoms with E-state index in [1.807, 2.05) is 0 Å². The second-order valence-corrected chi connectivity index (χ2v) is 4.11. The minimum absolute atomic E-state index is 0.0747. The maximum atomic E-state index is 12.0. The van der Waals surface area contributed by atoms with Crippen LogP contribution in [0, 0.1) is 0 Å². The average Bonchev–Trinajstić information content (AvgIpc) is 2.77. The van der Waals surface area contributed by atoms with Gasteiger partial charge in [-0.3, -0.25) is 9.78 Å². The Kier molecular flexibility index (Phi) is 3.23. The molecule has 1 amide bonds. The Balaban J connectivity index is 2.23. The Morgan fingerprint density at radius 1 is 1.47 bits per heavy atom. The standard InChI is InChI=1S/C10H10ClN3O3/c11-8-5-12-4-6(13-8)9(15)14-3-1-2-7(14)10(16)17/h4-5,7H,1-3H2,(H,16,17). The number of rotatable bonds is 2. The van der Waals surface area contributed by atoms with Gasteiger partial charge in [0.05, 0.1) is 12.4 Å². The lowest BCUT2D eigenvalue weighted by molar-refractivity contribution is -0.141. The maximum Gasteiger partial charge on any atom is 0.326 e. The summed E-state index contributed by atoms with van der Waals surface area (Å²) in [7, 11) is 0. The molecule has 0 spiro atoms. The smallest absolute Gasteiger partial charge is 0.326 e. The van der Waals surface area contributed by atoms with Gasteiger partial charge in [-0.25, -0.2) is 9.78 Å². The van der Waals surface area contributed by atoms with Gasteiger partial charge in [0.2, 0.25) is 0 Å². The molecule has 2 rings (SSSR count). The highest BCUT2D eigenvalue weighted by Crippen LogP contribution is 2.19. The number of carboxylic acid groups (broad SMARTS) is 1. The summed E-state index contributed by atoms with van der Waals surface area (Å²) < 4.78 is 0. The van der Waals surface area contributed by atoms with Crippen molar-refractivity contribution in [3.05, 3.63) is 23.2 Å². The van der Waals surface area contributed by atoms with Crippen molar-refractivity contribution in [1.82, 2.24) is 14.9 Å². The molecule has 1 atom stereocenters. The normalized spacial score (nSPS) is 19.4. The van der Waals surface area contributed by atoms with Gasteiger partial charge in [-0.15, -0.1) is 0 Å². The Morgan fingerprint density at radius 2 is 2.24 bits per heavy atom. The first-order chi connectivity index (χ1) is 8.09. The molecule has 0 aromatic carbocycles. The maximum absolute atomic E-state index is 12.0. The number of carbonyl (C=O) groups is 2. The molecule has 1 aromatic rings. The summed E-state index contributed by atoms with van der Waals surface area (Å²) in [5, 5.41) is 9.09. The number of nitrogens with zero attached hydrogens (tertiary/aromatic N) is 3. The molecule has 1 aliphatic rings. The SMILES string of the molecule is O=C(O)C1CCCN1C(=O)c1cncc(Cl)n1. The van der Waals surface area contributed by atoms with E-state index in [9.17, 15) is 9.59 Å². The number of aliphatic carboxylic acids is 1. The Labute approximate surface area is 102 Å². The van der Waals surface area contributed by atoms with Gasteiger partial charge >= 0.3 is 5.97 Å². The molecule has 0 saturated carbocycles. The number of likely N-dealkylation sites (tertiary alicyclic amines) is 1. The zero-order valence-electron chi connectivity index (χ0n) is 8.84. The van der Waals surface area contributed by atoms with Gasteiger partial charge in [0, 0.05) is 6.54 Å². The van der Waals surface area contributed by atoms with Crippen LogP contribution in [0.3, 0.4) is 0 Å². The van der Waals surface area contributed by atoms with E-state index in [4.69, 9.17) is 16.7 Å². The zero-order chi connectivity index (χ0) is 12.4. The highest BCUT2D eigenvalue weighted by molar-refractivity contribution is 6.29. The van der Waals surface area contributed by atoms with Crippen LogP contribution in [-0.4, -0.2) is 44.4 Å². The van der Waals surface area contributed by atoms with E-state index < -0.39 is 17.9 Å². The van der Waals surface area contributed by atoms with Crippen molar-refractivity contribution in [2.45, 2.75) is 18.9 Å². The summed E-state index contributed by atoms with van der Waals surface area (Å²) in [6.45, 7) is 0.421. The summed E-state index contributed by atoms with van der Waals surface area (Å²) in [4.78, 5) is 31.9. The first-order valence-electron chi connectivity index (χ1n) is 5.11. The third-order valence-corrected chi connectivity index (χ3v) is 2.81. The fourth-order valence-corrected chi connectivity index (χ4v) is 2.01. The van der Waals surface area contributed by atoms with Crippen molar-refractivity contribution >= 4 is 23.5 Å². The van der Waals surface area contributed by atoms with Gasteiger partial charge in [0.1, 0.15) is 16.9 Å². The minimum Gasteiger partial charge on any atom is -0.480 e. The van der Waals surface area contributed by atoms with Crippen molar-refractivity contribution in [1.29, 1.82) is 0 Å². The molecular formula is C10H10ClN3O3. The van der Waals surface area contributed by atoms with Crippen LogP contribution in [-0.2, 0) is 4.79 Å². The highest BCUT2D eigenvalue weighted by Gasteiger charge is 2.35. The van der Waals surface area contributed by atoms with Crippen LogP contribution < -0.4 is 0 Å². The van der Waals surface area contributed by atoms with E-state index in [0.29, 0.717) is 19.4 Å². The van der Waals surface area contributed by atoms with E-state index in [2.05, 4.69) is 9.97 Å². The lowest BCUT2D eigenvalue weighted by atomic mass is 10.2. The Bertz CT molecular complexity index is 466.